The molecule has 1 amide bonds. The van der Waals surface area contributed by atoms with E-state index in [9.17, 15) is 18.4 Å². The molecule has 3 rings (SSSR count). The number of carbonyl (C=O) groups is 1. The third-order valence-corrected chi connectivity index (χ3v) is 4.96. The van der Waals surface area contributed by atoms with Crippen molar-refractivity contribution in [1.29, 1.82) is 0 Å². The molecule has 2 aromatic carbocycles. The van der Waals surface area contributed by atoms with E-state index in [2.05, 4.69) is 10.3 Å². The zero-order valence-electron chi connectivity index (χ0n) is 15.2. The van der Waals surface area contributed by atoms with Crippen molar-refractivity contribution in [2.45, 2.75) is 18.9 Å². The number of anilines is 1. The molecule has 0 fully saturated rings. The number of hydrogen-bond acceptors (Lipinski definition) is 4. The standard InChI is InChI=1S/C20H17F2N3O2S/c1-12-3-4-13(2)17(9-12)24-18(26)11-28-19-20(27)25(8-7-23-19)14-5-6-15(21)16(22)10-14/h3-10H,11H2,1-2H3,(H,24,26). The molecular weight excluding hydrogens is 384 g/mol. The molecule has 0 aliphatic carbocycles. The Hall–Kier alpha value is -3.00. The molecule has 144 valence electrons. The van der Waals surface area contributed by atoms with Crippen LogP contribution in [0.15, 0.2) is 58.6 Å². The number of benzene rings is 2. The highest BCUT2D eigenvalue weighted by molar-refractivity contribution is 7.99. The molecule has 0 aliphatic heterocycles. The lowest BCUT2D eigenvalue weighted by atomic mass is 10.1. The maximum atomic E-state index is 13.5. The van der Waals surface area contributed by atoms with E-state index in [-0.39, 0.29) is 22.4 Å². The Kier molecular flexibility index (Phi) is 5.89. The topological polar surface area (TPSA) is 64.0 Å². The van der Waals surface area contributed by atoms with Gasteiger partial charge in [-0.25, -0.2) is 13.8 Å². The molecule has 28 heavy (non-hydrogen) atoms. The number of halogens is 2. The lowest BCUT2D eigenvalue weighted by Gasteiger charge is -2.10. The van der Waals surface area contributed by atoms with Gasteiger partial charge in [0.05, 0.1) is 11.4 Å². The van der Waals surface area contributed by atoms with Gasteiger partial charge < -0.3 is 5.32 Å². The number of nitrogens with one attached hydrogen (secondary N) is 1. The van der Waals surface area contributed by atoms with Crippen LogP contribution in [0, 0.1) is 25.5 Å². The number of thioether (sulfide) groups is 1. The molecule has 8 heteroatoms. The second kappa shape index (κ2) is 8.35. The van der Waals surface area contributed by atoms with Crippen molar-refractivity contribution < 1.29 is 13.6 Å². The zero-order valence-corrected chi connectivity index (χ0v) is 16.0. The van der Waals surface area contributed by atoms with Crippen molar-refractivity contribution in [2.24, 2.45) is 0 Å². The molecule has 0 radical (unpaired) electrons. The van der Waals surface area contributed by atoms with Crippen LogP contribution in [0.4, 0.5) is 14.5 Å². The van der Waals surface area contributed by atoms with Gasteiger partial charge in [0.15, 0.2) is 16.7 Å². The molecule has 3 aromatic rings. The Morgan fingerprint density at radius 2 is 1.93 bits per heavy atom. The molecule has 5 nitrogen and oxygen atoms in total. The molecule has 0 bridgehead atoms. The average Bonchev–Trinajstić information content (AvgIpc) is 2.66. The van der Waals surface area contributed by atoms with Crippen LogP contribution >= 0.6 is 11.8 Å². The number of rotatable bonds is 5. The molecule has 0 spiro atoms. The Bertz CT molecular complexity index is 1100. The first-order valence-electron chi connectivity index (χ1n) is 8.38. The Morgan fingerprint density at radius 1 is 1.14 bits per heavy atom. The Balaban J connectivity index is 1.74. The Labute approximate surface area is 164 Å². The maximum absolute atomic E-state index is 13.5. The molecule has 0 aliphatic rings. The van der Waals surface area contributed by atoms with Crippen LogP contribution in [0.25, 0.3) is 5.69 Å². The van der Waals surface area contributed by atoms with Gasteiger partial charge in [0, 0.05) is 24.1 Å². The average molecular weight is 401 g/mol. The van der Waals surface area contributed by atoms with Gasteiger partial charge in [-0.1, -0.05) is 23.9 Å². The van der Waals surface area contributed by atoms with Crippen molar-refractivity contribution in [3.05, 3.63) is 81.9 Å². The van der Waals surface area contributed by atoms with Gasteiger partial charge in [0.2, 0.25) is 5.91 Å². The van der Waals surface area contributed by atoms with Crippen LogP contribution in [0.3, 0.4) is 0 Å². The van der Waals surface area contributed by atoms with E-state index < -0.39 is 17.2 Å². The quantitative estimate of drug-likeness (QED) is 0.660. The number of carbonyl (C=O) groups excluding carboxylic acids is 1. The van der Waals surface area contributed by atoms with Crippen LogP contribution in [0.2, 0.25) is 0 Å². The van der Waals surface area contributed by atoms with Crippen molar-refractivity contribution >= 4 is 23.4 Å². The minimum absolute atomic E-state index is 0.0165. The molecule has 1 aromatic heterocycles. The van der Waals surface area contributed by atoms with E-state index in [4.69, 9.17) is 0 Å². The minimum Gasteiger partial charge on any atom is -0.325 e. The minimum atomic E-state index is -1.05. The predicted molar refractivity (Wildman–Crippen MR) is 105 cm³/mol. The number of aromatic nitrogens is 2. The van der Waals surface area contributed by atoms with Crippen LogP contribution in [-0.4, -0.2) is 21.2 Å². The third-order valence-electron chi connectivity index (χ3n) is 4.00. The summed E-state index contributed by atoms with van der Waals surface area (Å²) in [6.45, 7) is 3.82. The van der Waals surface area contributed by atoms with Gasteiger partial charge in [-0.15, -0.1) is 0 Å². The van der Waals surface area contributed by atoms with Gasteiger partial charge in [-0.3, -0.25) is 14.2 Å². The second-order valence-electron chi connectivity index (χ2n) is 6.16. The van der Waals surface area contributed by atoms with E-state index in [1.807, 2.05) is 32.0 Å². The normalized spacial score (nSPS) is 10.7. The summed E-state index contributed by atoms with van der Waals surface area (Å²) in [5.74, 6) is -2.34. The highest BCUT2D eigenvalue weighted by atomic mass is 32.2. The summed E-state index contributed by atoms with van der Waals surface area (Å²) in [7, 11) is 0. The van der Waals surface area contributed by atoms with Crippen LogP contribution in [0.5, 0.6) is 0 Å². The fraction of sp³-hybridized carbons (Fsp3) is 0.150. The molecule has 0 unspecified atom stereocenters. The number of aryl methyl sites for hydroxylation is 2. The molecule has 0 saturated heterocycles. The summed E-state index contributed by atoms with van der Waals surface area (Å²) in [6, 6.07) is 8.91. The molecule has 1 heterocycles. The van der Waals surface area contributed by atoms with Gasteiger partial charge in [-0.2, -0.15) is 0 Å². The summed E-state index contributed by atoms with van der Waals surface area (Å²) in [5.41, 5.74) is 2.33. The monoisotopic (exact) mass is 401 g/mol. The largest absolute Gasteiger partial charge is 0.325 e. The Morgan fingerprint density at radius 3 is 2.68 bits per heavy atom. The fourth-order valence-electron chi connectivity index (χ4n) is 2.52. The fourth-order valence-corrected chi connectivity index (χ4v) is 3.22. The van der Waals surface area contributed by atoms with E-state index >= 15 is 0 Å². The predicted octanol–water partition coefficient (Wildman–Crippen LogP) is 3.86. The number of hydrogen-bond donors (Lipinski definition) is 1. The van der Waals surface area contributed by atoms with Crippen molar-refractivity contribution in [3.8, 4) is 5.69 Å². The van der Waals surface area contributed by atoms with E-state index in [0.29, 0.717) is 5.69 Å². The summed E-state index contributed by atoms with van der Waals surface area (Å²) >= 11 is 0.976. The van der Waals surface area contributed by atoms with Crippen molar-refractivity contribution in [3.63, 3.8) is 0 Å². The van der Waals surface area contributed by atoms with Crippen molar-refractivity contribution in [2.75, 3.05) is 11.1 Å². The summed E-state index contributed by atoms with van der Waals surface area (Å²) in [5, 5.41) is 2.90. The number of nitrogens with zero attached hydrogens (tertiary/aromatic N) is 2. The molecule has 0 saturated carbocycles. The smallest absolute Gasteiger partial charge is 0.287 e. The molecule has 0 atom stereocenters. The summed E-state index contributed by atoms with van der Waals surface area (Å²) < 4.78 is 27.7. The van der Waals surface area contributed by atoms with Crippen LogP contribution < -0.4 is 10.9 Å². The first kappa shape index (κ1) is 19.8. The highest BCUT2D eigenvalue weighted by Gasteiger charge is 2.12. The first-order chi connectivity index (χ1) is 13.3. The second-order valence-corrected chi connectivity index (χ2v) is 7.13. The van der Waals surface area contributed by atoms with Gasteiger partial charge in [0.1, 0.15) is 0 Å². The first-order valence-corrected chi connectivity index (χ1v) is 9.36. The summed E-state index contributed by atoms with van der Waals surface area (Å²) in [6.07, 6.45) is 2.73. The van der Waals surface area contributed by atoms with Crippen LogP contribution in [-0.2, 0) is 4.79 Å². The van der Waals surface area contributed by atoms with Crippen molar-refractivity contribution in [1.82, 2.24) is 9.55 Å². The number of amides is 1. The zero-order chi connectivity index (χ0) is 20.3. The van der Waals surface area contributed by atoms with Crippen LogP contribution in [0.1, 0.15) is 11.1 Å². The lowest BCUT2D eigenvalue weighted by molar-refractivity contribution is -0.113. The highest BCUT2D eigenvalue weighted by Crippen LogP contribution is 2.18. The van der Waals surface area contributed by atoms with Gasteiger partial charge >= 0.3 is 0 Å². The van der Waals surface area contributed by atoms with E-state index in [1.165, 1.54) is 18.5 Å². The molecular formula is C20H17F2N3O2S. The van der Waals surface area contributed by atoms with Gasteiger partial charge in [-0.05, 0) is 43.2 Å². The maximum Gasteiger partial charge on any atom is 0.287 e. The SMILES string of the molecule is Cc1ccc(C)c(NC(=O)CSc2nccn(-c3ccc(F)c(F)c3)c2=O)c1. The van der Waals surface area contributed by atoms with Gasteiger partial charge in [0.25, 0.3) is 5.56 Å². The lowest BCUT2D eigenvalue weighted by Crippen LogP contribution is -2.22. The van der Waals surface area contributed by atoms with E-state index in [0.717, 1.165) is 39.6 Å². The third kappa shape index (κ3) is 4.45. The molecule has 1 N–H and O–H groups in total. The van der Waals surface area contributed by atoms with E-state index in [1.54, 1.807) is 0 Å². The summed E-state index contributed by atoms with van der Waals surface area (Å²) in [4.78, 5) is 28.8.